The van der Waals surface area contributed by atoms with Gasteiger partial charge in [-0.15, -0.1) is 0 Å². The van der Waals surface area contributed by atoms with Crippen LogP contribution < -0.4 is 26.6 Å². The molecule has 4 aliphatic rings. The van der Waals surface area contributed by atoms with Crippen LogP contribution in [0.15, 0.2) is 24.2 Å². The topological polar surface area (TPSA) is 324 Å². The fourth-order valence-corrected chi connectivity index (χ4v) is 9.58. The number of aliphatic hydroxyl groups excluding tert-OH is 3. The van der Waals surface area contributed by atoms with Crippen molar-refractivity contribution in [3.05, 3.63) is 24.2 Å². The van der Waals surface area contributed by atoms with E-state index in [1.165, 1.54) is 20.9 Å². The smallest absolute Gasteiger partial charge is 0.412 e. The Kier molecular flexibility index (Phi) is 21.9. The van der Waals surface area contributed by atoms with Crippen molar-refractivity contribution < 1.29 is 87.1 Å². The van der Waals surface area contributed by atoms with Gasteiger partial charge in [0.2, 0.25) is 5.91 Å². The van der Waals surface area contributed by atoms with Crippen LogP contribution >= 0.6 is 0 Å². The Morgan fingerprint density at radius 2 is 1.44 bits per heavy atom. The minimum absolute atomic E-state index is 0.0706. The number of alkyl carbamates (subject to hydrolysis) is 3. The van der Waals surface area contributed by atoms with Gasteiger partial charge in [0.05, 0.1) is 43.1 Å². The standard InChI is InChI=1S/C52H89N7O18/c1-28(2)71-44(65)56-31-20-19-30(26-53-25-29-18-17-23-59(29)47(68)77-51(12,13)14)72-38(31)35-32(57-45(66)75-49(6,7)8)24-33(55-41(63)34(60)21-22-54-43(64)74-48(3,4)5)39(36(35)61)73-42-37(62)40(52(15,69)27-70-42)58(16)46(67)76-50(9,10)11/h19,29,31-40,42,53,60-62,69H,1,17-18,20-27H2,2-16H3,(H,54,64)(H,55,63)(H,56,65)(H,57,66)/t29?,31-,32+,33-,34+,35?,36+,37-,38+,39+,40-,42-,52+/m1/s1. The number of likely N-dealkylation sites (N-methyl/N-ethyl adjacent to an activating group) is 1. The van der Waals surface area contributed by atoms with E-state index < -0.39 is 138 Å². The highest BCUT2D eigenvalue weighted by atomic mass is 16.7. The highest BCUT2D eigenvalue weighted by Crippen LogP contribution is 2.39. The SMILES string of the molecule is C=C(C)OC(=O)N[C@@H]1CC=C(CNCC2CCCN2C(=O)OC(C)(C)C)O[C@@H]1C1[C@@H](NC(=O)OC(C)(C)C)C[C@@H](NC(=O)[C@@H](O)CCNC(=O)OC(C)(C)C)[C@H](O[C@H]2OC[C@](C)(O)[C@H](N(C)C(=O)OC(C)(C)C)[C@H]2O)[C@H]1O. The van der Waals surface area contributed by atoms with Crippen LogP contribution in [-0.4, -0.2) is 201 Å². The van der Waals surface area contributed by atoms with Crippen LogP contribution in [0.25, 0.3) is 0 Å². The van der Waals surface area contributed by atoms with Gasteiger partial charge in [-0.05, 0) is 135 Å². The van der Waals surface area contributed by atoms with Gasteiger partial charge in [0.25, 0.3) is 0 Å². The molecular weight excluding hydrogens is 1010 g/mol. The van der Waals surface area contributed by atoms with E-state index in [4.69, 9.17) is 37.9 Å². The summed E-state index contributed by atoms with van der Waals surface area (Å²) in [6.07, 6.45) is -11.2. The van der Waals surface area contributed by atoms with Crippen LogP contribution in [0.1, 0.15) is 129 Å². The van der Waals surface area contributed by atoms with E-state index in [2.05, 4.69) is 33.2 Å². The Bertz CT molecular complexity index is 2100. The first-order valence-electron chi connectivity index (χ1n) is 26.3. The number of ether oxygens (including phenoxy) is 8. The number of likely N-dealkylation sites (tertiary alicyclic amines) is 1. The largest absolute Gasteiger partial charge is 0.491 e. The zero-order valence-electron chi connectivity index (χ0n) is 47.7. The lowest BCUT2D eigenvalue weighted by Gasteiger charge is -2.52. The molecule has 6 amide bonds. The summed E-state index contributed by atoms with van der Waals surface area (Å²) in [5.74, 6) is -1.83. The average Bonchev–Trinajstić information content (AvgIpc) is 3.72. The second kappa shape index (κ2) is 26.2. The lowest BCUT2D eigenvalue weighted by molar-refractivity contribution is -0.305. The van der Waals surface area contributed by atoms with Gasteiger partial charge >= 0.3 is 30.5 Å². The summed E-state index contributed by atoms with van der Waals surface area (Å²) < 4.78 is 46.6. The number of nitrogens with zero attached hydrogens (tertiary/aromatic N) is 2. The molecule has 3 fully saturated rings. The molecule has 9 N–H and O–H groups in total. The molecule has 3 heterocycles. The van der Waals surface area contributed by atoms with Gasteiger partial charge in [0.1, 0.15) is 58.2 Å². The number of carbonyl (C=O) groups is 6. The third-order valence-electron chi connectivity index (χ3n) is 12.6. The van der Waals surface area contributed by atoms with Crippen LogP contribution in [0.5, 0.6) is 0 Å². The van der Waals surface area contributed by atoms with Crippen molar-refractivity contribution in [3.63, 3.8) is 0 Å². The molecule has 77 heavy (non-hydrogen) atoms. The minimum Gasteiger partial charge on any atom is -0.491 e. The van der Waals surface area contributed by atoms with Gasteiger partial charge < -0.3 is 94.7 Å². The molecule has 440 valence electrons. The third-order valence-corrected chi connectivity index (χ3v) is 12.6. The van der Waals surface area contributed by atoms with E-state index >= 15 is 0 Å². The highest BCUT2D eigenvalue weighted by Gasteiger charge is 2.57. The van der Waals surface area contributed by atoms with Crippen molar-refractivity contribution in [2.45, 2.75) is 224 Å². The van der Waals surface area contributed by atoms with E-state index in [-0.39, 0.29) is 44.2 Å². The van der Waals surface area contributed by atoms with Crippen molar-refractivity contribution in [1.82, 2.24) is 36.4 Å². The fourth-order valence-electron chi connectivity index (χ4n) is 9.58. The molecule has 0 aromatic heterocycles. The van der Waals surface area contributed by atoms with E-state index in [0.717, 1.165) is 11.3 Å². The normalized spacial score (nSPS) is 29.3. The Balaban J connectivity index is 1.77. The molecule has 0 spiro atoms. The number of hydrogen-bond donors (Lipinski definition) is 9. The maximum atomic E-state index is 14.0. The molecule has 3 aliphatic heterocycles. The van der Waals surface area contributed by atoms with Crippen LogP contribution in [0.3, 0.4) is 0 Å². The summed E-state index contributed by atoms with van der Waals surface area (Å²) in [6, 6.07) is -5.17. The van der Waals surface area contributed by atoms with Crippen molar-refractivity contribution in [1.29, 1.82) is 0 Å². The van der Waals surface area contributed by atoms with E-state index in [9.17, 15) is 49.2 Å². The second-order valence-corrected chi connectivity index (χ2v) is 24.5. The van der Waals surface area contributed by atoms with Gasteiger partial charge in [-0.1, -0.05) is 6.58 Å². The second-order valence-electron chi connectivity index (χ2n) is 24.5. The number of rotatable bonds is 16. The van der Waals surface area contributed by atoms with E-state index in [1.807, 2.05) is 0 Å². The first-order chi connectivity index (χ1) is 35.3. The number of hydrogen-bond acceptors (Lipinski definition) is 19. The molecule has 4 rings (SSSR count). The van der Waals surface area contributed by atoms with Crippen LogP contribution in [0.4, 0.5) is 24.0 Å². The molecule has 13 atom stereocenters. The Morgan fingerprint density at radius 3 is 2.04 bits per heavy atom. The predicted octanol–water partition coefficient (Wildman–Crippen LogP) is 3.40. The zero-order valence-corrected chi connectivity index (χ0v) is 47.7. The lowest BCUT2D eigenvalue weighted by Crippen LogP contribution is -2.71. The molecule has 1 saturated carbocycles. The van der Waals surface area contributed by atoms with Gasteiger partial charge in [0, 0.05) is 44.7 Å². The van der Waals surface area contributed by atoms with Gasteiger partial charge in [0.15, 0.2) is 6.29 Å². The Morgan fingerprint density at radius 1 is 0.844 bits per heavy atom. The van der Waals surface area contributed by atoms with E-state index in [0.29, 0.717) is 25.3 Å². The van der Waals surface area contributed by atoms with Crippen LogP contribution in [-0.2, 0) is 42.7 Å². The lowest BCUT2D eigenvalue weighted by atomic mass is 9.72. The Hall–Kier alpha value is -5.18. The maximum Gasteiger partial charge on any atom is 0.412 e. The molecule has 2 unspecified atom stereocenters. The summed E-state index contributed by atoms with van der Waals surface area (Å²) in [5, 5.41) is 62.0. The first kappa shape index (κ1) is 64.3. The Labute approximate surface area is 452 Å². The molecule has 25 nitrogen and oxygen atoms in total. The third kappa shape index (κ3) is 19.9. The quantitative estimate of drug-likeness (QED) is 0.0790. The molecule has 0 aromatic rings. The van der Waals surface area contributed by atoms with Crippen molar-refractivity contribution >= 4 is 36.4 Å². The summed E-state index contributed by atoms with van der Waals surface area (Å²) in [4.78, 5) is 82.8. The van der Waals surface area contributed by atoms with Crippen molar-refractivity contribution in [3.8, 4) is 0 Å². The van der Waals surface area contributed by atoms with Gasteiger partial charge in [-0.3, -0.25) is 4.79 Å². The zero-order chi connectivity index (χ0) is 58.2. The molecule has 0 aromatic carbocycles. The average molecular weight is 1100 g/mol. The molecular formula is C52H89N7O18. The maximum absolute atomic E-state index is 14.0. The van der Waals surface area contributed by atoms with Gasteiger partial charge in [-0.2, -0.15) is 0 Å². The summed E-state index contributed by atoms with van der Waals surface area (Å²) in [5.41, 5.74) is -5.38. The highest BCUT2D eigenvalue weighted by molar-refractivity contribution is 5.81. The number of amides is 6. The molecule has 1 aliphatic carbocycles. The number of nitrogens with one attached hydrogen (secondary N) is 5. The number of allylic oxidation sites excluding steroid dienone is 1. The summed E-state index contributed by atoms with van der Waals surface area (Å²) >= 11 is 0. The summed E-state index contributed by atoms with van der Waals surface area (Å²) in [6.45, 7) is 27.0. The first-order valence-corrected chi connectivity index (χ1v) is 26.3. The molecule has 0 radical (unpaired) electrons. The molecule has 2 saturated heterocycles. The molecule has 25 heteroatoms. The van der Waals surface area contributed by atoms with Crippen molar-refractivity contribution in [2.75, 3.05) is 39.8 Å². The molecule has 0 bridgehead atoms. The monoisotopic (exact) mass is 1100 g/mol. The minimum atomic E-state index is -1.89. The number of aliphatic hydroxyl groups is 4. The van der Waals surface area contributed by atoms with Crippen LogP contribution in [0.2, 0.25) is 0 Å². The van der Waals surface area contributed by atoms with E-state index in [1.54, 1.807) is 94.1 Å². The fraction of sp³-hybridized carbons (Fsp3) is 0.808. The summed E-state index contributed by atoms with van der Waals surface area (Å²) in [7, 11) is 1.32. The van der Waals surface area contributed by atoms with Gasteiger partial charge in [-0.25, -0.2) is 24.0 Å². The predicted molar refractivity (Wildman–Crippen MR) is 278 cm³/mol. The van der Waals surface area contributed by atoms with Crippen molar-refractivity contribution in [2.24, 2.45) is 5.92 Å². The number of carbonyl (C=O) groups excluding carboxylic acids is 6. The van der Waals surface area contributed by atoms with Crippen LogP contribution in [0, 0.1) is 5.92 Å².